The number of nitrogens with zero attached hydrogens (tertiary/aromatic N) is 4. The van der Waals surface area contributed by atoms with Gasteiger partial charge in [-0.1, -0.05) is 18.2 Å². The number of halogens is 4. The molecule has 37 heavy (non-hydrogen) atoms. The first-order chi connectivity index (χ1) is 17.3. The lowest BCUT2D eigenvalue weighted by atomic mass is 10.2. The SMILES string of the molecule is Cl.O=C(NCCNC(=O)c1cn(-c2ccccc2)nc1C(F)(F)F)c1ccc(CCN2CCCC2)nc1. The highest BCUT2D eigenvalue weighted by Crippen LogP contribution is 2.31. The molecule has 1 aliphatic heterocycles. The largest absolute Gasteiger partial charge is 0.435 e. The molecule has 0 aliphatic carbocycles. The van der Waals surface area contributed by atoms with E-state index >= 15 is 0 Å². The van der Waals surface area contributed by atoms with Gasteiger partial charge < -0.3 is 15.5 Å². The highest BCUT2D eigenvalue weighted by Gasteiger charge is 2.39. The molecule has 1 aromatic carbocycles. The summed E-state index contributed by atoms with van der Waals surface area (Å²) >= 11 is 0. The number of hydrogen-bond donors (Lipinski definition) is 2. The Morgan fingerprint density at radius 2 is 1.62 bits per heavy atom. The molecule has 1 aliphatic rings. The summed E-state index contributed by atoms with van der Waals surface area (Å²) in [7, 11) is 0. The van der Waals surface area contributed by atoms with Gasteiger partial charge in [-0.15, -0.1) is 12.4 Å². The van der Waals surface area contributed by atoms with Crippen molar-refractivity contribution >= 4 is 24.2 Å². The van der Waals surface area contributed by atoms with E-state index < -0.39 is 23.3 Å². The molecule has 0 unspecified atom stereocenters. The summed E-state index contributed by atoms with van der Waals surface area (Å²) in [6.07, 6.45) is 1.02. The maximum atomic E-state index is 13.5. The van der Waals surface area contributed by atoms with Crippen molar-refractivity contribution in [3.8, 4) is 5.69 Å². The van der Waals surface area contributed by atoms with E-state index in [9.17, 15) is 22.8 Å². The summed E-state index contributed by atoms with van der Waals surface area (Å²) in [6.45, 7) is 3.15. The monoisotopic (exact) mass is 536 g/mol. The van der Waals surface area contributed by atoms with Gasteiger partial charge >= 0.3 is 6.18 Å². The Labute approximate surface area is 218 Å². The summed E-state index contributed by atoms with van der Waals surface area (Å²) in [5.74, 6) is -1.31. The lowest BCUT2D eigenvalue weighted by Gasteiger charge is -2.13. The van der Waals surface area contributed by atoms with Gasteiger partial charge in [0, 0.05) is 44.1 Å². The Morgan fingerprint density at radius 1 is 0.946 bits per heavy atom. The normalized spacial score (nSPS) is 13.7. The van der Waals surface area contributed by atoms with Crippen LogP contribution in [0.25, 0.3) is 5.69 Å². The van der Waals surface area contributed by atoms with Gasteiger partial charge in [0.1, 0.15) is 0 Å². The molecule has 2 N–H and O–H groups in total. The highest BCUT2D eigenvalue weighted by atomic mass is 35.5. The standard InChI is InChI=1S/C25H27F3N6O2.ClH/c26-25(27,28)22-21(17-34(32-22)20-6-2-1-3-7-20)24(36)30-12-11-29-23(35)18-8-9-19(31-16-18)10-15-33-13-4-5-14-33;/h1-3,6-9,16-17H,4-5,10-15H2,(H,29,35)(H,30,36);1H. The first-order valence-corrected chi connectivity index (χ1v) is 11.8. The molecule has 12 heteroatoms. The van der Waals surface area contributed by atoms with Crippen LogP contribution in [0.5, 0.6) is 0 Å². The Hall–Kier alpha value is -3.44. The number of amides is 2. The van der Waals surface area contributed by atoms with Gasteiger partial charge in [-0.25, -0.2) is 4.68 Å². The smallest absolute Gasteiger partial charge is 0.350 e. The van der Waals surface area contributed by atoms with Gasteiger partial charge in [0.15, 0.2) is 5.69 Å². The fourth-order valence-electron chi connectivity index (χ4n) is 4.00. The number of likely N-dealkylation sites (tertiary alicyclic amines) is 1. The topological polar surface area (TPSA) is 92.2 Å². The first-order valence-electron chi connectivity index (χ1n) is 11.8. The second-order valence-corrected chi connectivity index (χ2v) is 8.52. The molecule has 4 rings (SSSR count). The van der Waals surface area contributed by atoms with Crippen molar-refractivity contribution in [2.24, 2.45) is 0 Å². The van der Waals surface area contributed by atoms with Crippen LogP contribution in [-0.2, 0) is 12.6 Å². The van der Waals surface area contributed by atoms with Crippen molar-refractivity contribution < 1.29 is 22.8 Å². The zero-order valence-corrected chi connectivity index (χ0v) is 20.8. The molecule has 0 spiro atoms. The van der Waals surface area contributed by atoms with Gasteiger partial charge in [-0.05, 0) is 50.2 Å². The highest BCUT2D eigenvalue weighted by molar-refractivity contribution is 5.96. The van der Waals surface area contributed by atoms with E-state index in [1.54, 1.807) is 36.4 Å². The Bertz CT molecular complexity index is 1180. The van der Waals surface area contributed by atoms with Crippen LogP contribution in [-0.4, -0.2) is 64.2 Å². The van der Waals surface area contributed by atoms with E-state index in [1.807, 2.05) is 6.07 Å². The predicted molar refractivity (Wildman–Crippen MR) is 134 cm³/mol. The summed E-state index contributed by atoms with van der Waals surface area (Å²) < 4.78 is 41.4. The molecule has 1 saturated heterocycles. The Morgan fingerprint density at radius 3 is 2.24 bits per heavy atom. The number of alkyl halides is 3. The number of para-hydroxylation sites is 1. The quantitative estimate of drug-likeness (QED) is 0.408. The number of carbonyl (C=O) groups excluding carboxylic acids is 2. The van der Waals surface area contributed by atoms with E-state index in [4.69, 9.17) is 0 Å². The lowest BCUT2D eigenvalue weighted by Crippen LogP contribution is -2.35. The van der Waals surface area contributed by atoms with Crippen molar-refractivity contribution in [1.82, 2.24) is 30.3 Å². The molecule has 0 atom stereocenters. The van der Waals surface area contributed by atoms with Crippen molar-refractivity contribution in [3.05, 3.63) is 77.4 Å². The Balaban J connectivity index is 0.00000380. The van der Waals surface area contributed by atoms with Crippen LogP contribution in [0.2, 0.25) is 0 Å². The average Bonchev–Trinajstić information content (AvgIpc) is 3.56. The van der Waals surface area contributed by atoms with Crippen LogP contribution in [0.3, 0.4) is 0 Å². The fourth-order valence-corrected chi connectivity index (χ4v) is 4.00. The van der Waals surface area contributed by atoms with E-state index in [0.29, 0.717) is 11.3 Å². The zero-order valence-electron chi connectivity index (χ0n) is 20.0. The minimum absolute atomic E-state index is 0. The van der Waals surface area contributed by atoms with Crippen molar-refractivity contribution in [3.63, 3.8) is 0 Å². The van der Waals surface area contributed by atoms with Crippen molar-refractivity contribution in [2.45, 2.75) is 25.4 Å². The van der Waals surface area contributed by atoms with Crippen LogP contribution in [0, 0.1) is 0 Å². The third-order valence-corrected chi connectivity index (χ3v) is 5.91. The third-order valence-electron chi connectivity index (χ3n) is 5.91. The molecule has 8 nitrogen and oxygen atoms in total. The molecular formula is C25H28ClF3N6O2. The molecule has 1 fully saturated rings. The number of benzene rings is 1. The molecule has 2 amide bonds. The molecule has 3 aromatic rings. The minimum Gasteiger partial charge on any atom is -0.350 e. The van der Waals surface area contributed by atoms with Gasteiger partial charge in [-0.2, -0.15) is 18.3 Å². The van der Waals surface area contributed by atoms with E-state index in [1.165, 1.54) is 19.0 Å². The maximum absolute atomic E-state index is 13.5. The molecule has 3 heterocycles. The first kappa shape index (κ1) is 28.1. The number of nitrogens with one attached hydrogen (secondary N) is 2. The zero-order chi connectivity index (χ0) is 25.5. The summed E-state index contributed by atoms with van der Waals surface area (Å²) in [6, 6.07) is 11.7. The van der Waals surface area contributed by atoms with Gasteiger partial charge in [0.05, 0.1) is 16.8 Å². The molecule has 0 saturated carbocycles. The molecule has 0 radical (unpaired) electrons. The lowest BCUT2D eigenvalue weighted by molar-refractivity contribution is -0.141. The number of pyridine rings is 1. The van der Waals surface area contributed by atoms with E-state index in [2.05, 4.69) is 25.6 Å². The molecular weight excluding hydrogens is 509 g/mol. The van der Waals surface area contributed by atoms with Crippen LogP contribution in [0.4, 0.5) is 13.2 Å². The number of hydrogen-bond acceptors (Lipinski definition) is 5. The van der Waals surface area contributed by atoms with Crippen LogP contribution < -0.4 is 10.6 Å². The van der Waals surface area contributed by atoms with E-state index in [-0.39, 0.29) is 31.4 Å². The van der Waals surface area contributed by atoms with Gasteiger partial charge in [0.2, 0.25) is 0 Å². The number of rotatable bonds is 9. The second-order valence-electron chi connectivity index (χ2n) is 8.52. The Kier molecular flexibility index (Phi) is 9.65. The minimum atomic E-state index is -4.80. The summed E-state index contributed by atoms with van der Waals surface area (Å²) in [5, 5.41) is 8.60. The van der Waals surface area contributed by atoms with Crippen LogP contribution >= 0.6 is 12.4 Å². The molecule has 198 valence electrons. The van der Waals surface area contributed by atoms with E-state index in [0.717, 1.165) is 42.6 Å². The summed E-state index contributed by atoms with van der Waals surface area (Å²) in [4.78, 5) is 31.6. The molecule has 0 bridgehead atoms. The number of aromatic nitrogens is 3. The fraction of sp³-hybridized carbons (Fsp3) is 0.360. The van der Waals surface area contributed by atoms with Crippen molar-refractivity contribution in [2.75, 3.05) is 32.7 Å². The summed E-state index contributed by atoms with van der Waals surface area (Å²) in [5.41, 5.74) is -0.197. The second kappa shape index (κ2) is 12.7. The van der Waals surface area contributed by atoms with Crippen LogP contribution in [0.1, 0.15) is 44.9 Å². The maximum Gasteiger partial charge on any atom is 0.435 e. The number of carbonyl (C=O) groups is 2. The van der Waals surface area contributed by atoms with Gasteiger partial charge in [0.25, 0.3) is 11.8 Å². The van der Waals surface area contributed by atoms with Crippen LogP contribution in [0.15, 0.2) is 54.9 Å². The average molecular weight is 537 g/mol. The third kappa shape index (κ3) is 7.53. The molecule has 2 aromatic heterocycles. The van der Waals surface area contributed by atoms with Gasteiger partial charge in [-0.3, -0.25) is 14.6 Å². The predicted octanol–water partition coefficient (Wildman–Crippen LogP) is 3.51. The van der Waals surface area contributed by atoms with Crippen molar-refractivity contribution in [1.29, 1.82) is 0 Å².